The fourth-order valence-electron chi connectivity index (χ4n) is 1.46. The molecule has 1 saturated carbocycles. The van der Waals surface area contributed by atoms with Crippen LogP contribution in [-0.4, -0.2) is 27.2 Å². The van der Waals surface area contributed by atoms with E-state index in [0.29, 0.717) is 0 Å². The van der Waals surface area contributed by atoms with E-state index in [1.54, 1.807) is 7.11 Å². The lowest BCUT2D eigenvalue weighted by Crippen LogP contribution is -2.26. The first kappa shape index (κ1) is 9.16. The molecule has 4 heteroatoms. The number of ether oxygens (including phenoxy) is 1. The van der Waals surface area contributed by atoms with Crippen LogP contribution in [0, 0.1) is 0 Å². The van der Waals surface area contributed by atoms with Crippen molar-refractivity contribution in [3.05, 3.63) is 0 Å². The lowest BCUT2D eigenvalue weighted by molar-refractivity contribution is 0.0716. The van der Waals surface area contributed by atoms with Crippen LogP contribution in [0.3, 0.4) is 0 Å². The van der Waals surface area contributed by atoms with Crippen LogP contribution in [0.4, 0.5) is 0 Å². The highest BCUT2D eigenvalue weighted by Crippen LogP contribution is 2.23. The van der Waals surface area contributed by atoms with Crippen molar-refractivity contribution < 1.29 is 13.5 Å². The first-order chi connectivity index (χ1) is 5.24. The summed E-state index contributed by atoms with van der Waals surface area (Å²) in [6.07, 6.45) is 3.57. The zero-order valence-electron chi connectivity index (χ0n) is 6.62. The highest BCUT2D eigenvalue weighted by molar-refractivity contribution is 7.79. The molecule has 1 aliphatic carbocycles. The van der Waals surface area contributed by atoms with Crippen molar-refractivity contribution in [2.24, 2.45) is 0 Å². The normalized spacial score (nSPS) is 35.1. The molecule has 0 aliphatic heterocycles. The minimum Gasteiger partial charge on any atom is -0.772 e. The quantitative estimate of drug-likeness (QED) is 0.587. The molecule has 0 heterocycles. The zero-order chi connectivity index (χ0) is 8.27. The van der Waals surface area contributed by atoms with Crippen molar-refractivity contribution in [1.29, 1.82) is 0 Å². The van der Waals surface area contributed by atoms with Crippen LogP contribution in [0.2, 0.25) is 0 Å². The molecule has 0 amide bonds. The molecule has 0 saturated heterocycles. The van der Waals surface area contributed by atoms with Gasteiger partial charge in [0.25, 0.3) is 0 Å². The third-order valence-electron chi connectivity index (χ3n) is 2.23. The summed E-state index contributed by atoms with van der Waals surface area (Å²) in [5, 5.41) is -0.124. The summed E-state index contributed by atoms with van der Waals surface area (Å²) < 4.78 is 26.1. The van der Waals surface area contributed by atoms with E-state index in [-0.39, 0.29) is 11.4 Å². The second-order valence-corrected chi connectivity index (χ2v) is 4.08. The summed E-state index contributed by atoms with van der Waals surface area (Å²) in [6.45, 7) is 0. The molecule has 1 rings (SSSR count). The minimum atomic E-state index is -1.87. The van der Waals surface area contributed by atoms with Gasteiger partial charge in [-0.3, -0.25) is 4.21 Å². The number of methoxy groups -OCH3 is 1. The smallest absolute Gasteiger partial charge is 0.0572 e. The largest absolute Gasteiger partial charge is 0.772 e. The molecular formula is C7H13O3S-. The molecule has 0 aromatic heterocycles. The Morgan fingerprint density at radius 2 is 1.91 bits per heavy atom. The predicted octanol–water partition coefficient (Wildman–Crippen LogP) is 0.823. The predicted molar refractivity (Wildman–Crippen MR) is 42.0 cm³/mol. The Balaban J connectivity index is 2.30. The molecule has 0 aromatic carbocycles. The van der Waals surface area contributed by atoms with Crippen molar-refractivity contribution in [2.45, 2.75) is 37.0 Å². The van der Waals surface area contributed by atoms with Gasteiger partial charge in [-0.2, -0.15) is 0 Å². The Hall–Kier alpha value is 0.0700. The third kappa shape index (κ3) is 2.54. The zero-order valence-corrected chi connectivity index (χ0v) is 7.43. The maximum atomic E-state index is 10.5. The van der Waals surface area contributed by atoms with Gasteiger partial charge in [-0.1, -0.05) is 11.1 Å². The summed E-state index contributed by atoms with van der Waals surface area (Å²) in [6, 6.07) is 0. The average Bonchev–Trinajstić information content (AvgIpc) is 2.05. The number of hydrogen-bond donors (Lipinski definition) is 0. The van der Waals surface area contributed by atoms with E-state index in [2.05, 4.69) is 0 Å². The Morgan fingerprint density at radius 3 is 2.27 bits per heavy atom. The van der Waals surface area contributed by atoms with E-state index in [0.717, 1.165) is 25.7 Å². The lowest BCUT2D eigenvalue weighted by atomic mass is 9.97. The molecule has 1 unspecified atom stereocenters. The second-order valence-electron chi connectivity index (χ2n) is 2.89. The second kappa shape index (κ2) is 4.18. The molecule has 11 heavy (non-hydrogen) atoms. The molecule has 0 N–H and O–H groups in total. The van der Waals surface area contributed by atoms with Crippen LogP contribution in [0.1, 0.15) is 25.7 Å². The van der Waals surface area contributed by atoms with E-state index >= 15 is 0 Å². The van der Waals surface area contributed by atoms with E-state index in [1.807, 2.05) is 0 Å². The Labute approximate surface area is 69.4 Å². The Morgan fingerprint density at radius 1 is 1.36 bits per heavy atom. The minimum absolute atomic E-state index is 0.124. The molecule has 1 aliphatic rings. The standard InChI is InChI=1S/C7H14O3S/c1-10-6-2-4-7(5-3-6)11(8)9/h6-7H,2-5H2,1H3,(H,8,9)/p-1. The summed E-state index contributed by atoms with van der Waals surface area (Å²) in [4.78, 5) is 0. The summed E-state index contributed by atoms with van der Waals surface area (Å²) in [5.74, 6) is 0. The first-order valence-electron chi connectivity index (χ1n) is 3.85. The lowest BCUT2D eigenvalue weighted by Gasteiger charge is -2.28. The van der Waals surface area contributed by atoms with Gasteiger partial charge in [-0.15, -0.1) is 0 Å². The van der Waals surface area contributed by atoms with Gasteiger partial charge in [-0.25, -0.2) is 0 Å². The highest BCUT2D eigenvalue weighted by Gasteiger charge is 2.20. The van der Waals surface area contributed by atoms with Crippen molar-refractivity contribution in [3.8, 4) is 0 Å². The van der Waals surface area contributed by atoms with E-state index in [9.17, 15) is 8.76 Å². The number of hydrogen-bond acceptors (Lipinski definition) is 3. The molecule has 3 nitrogen and oxygen atoms in total. The van der Waals surface area contributed by atoms with Crippen LogP contribution >= 0.6 is 0 Å². The molecule has 1 atom stereocenters. The van der Waals surface area contributed by atoms with Crippen molar-refractivity contribution in [1.82, 2.24) is 0 Å². The van der Waals surface area contributed by atoms with Gasteiger partial charge in [0.15, 0.2) is 0 Å². The van der Waals surface area contributed by atoms with Gasteiger partial charge in [0, 0.05) is 12.4 Å². The monoisotopic (exact) mass is 177 g/mol. The fourth-order valence-corrected chi connectivity index (χ4v) is 2.12. The molecule has 1 fully saturated rings. The van der Waals surface area contributed by atoms with Gasteiger partial charge >= 0.3 is 0 Å². The molecule has 0 bridgehead atoms. The van der Waals surface area contributed by atoms with Gasteiger partial charge < -0.3 is 9.29 Å². The molecular weight excluding hydrogens is 164 g/mol. The van der Waals surface area contributed by atoms with Crippen molar-refractivity contribution in [2.75, 3.05) is 7.11 Å². The summed E-state index contributed by atoms with van der Waals surface area (Å²) >= 11 is -1.87. The van der Waals surface area contributed by atoms with Crippen LogP contribution in [0.5, 0.6) is 0 Å². The molecule has 66 valence electrons. The maximum absolute atomic E-state index is 10.5. The maximum Gasteiger partial charge on any atom is 0.0572 e. The van der Waals surface area contributed by atoms with E-state index < -0.39 is 11.1 Å². The first-order valence-corrected chi connectivity index (χ1v) is 4.98. The van der Waals surface area contributed by atoms with Gasteiger partial charge in [0.1, 0.15) is 0 Å². The van der Waals surface area contributed by atoms with Crippen LogP contribution < -0.4 is 0 Å². The van der Waals surface area contributed by atoms with E-state index in [4.69, 9.17) is 4.74 Å². The molecule has 0 aromatic rings. The van der Waals surface area contributed by atoms with Crippen LogP contribution in [0.15, 0.2) is 0 Å². The van der Waals surface area contributed by atoms with Crippen molar-refractivity contribution in [3.63, 3.8) is 0 Å². The summed E-state index contributed by atoms with van der Waals surface area (Å²) in [5.41, 5.74) is 0. The van der Waals surface area contributed by atoms with Gasteiger partial charge in [0.05, 0.1) is 6.10 Å². The Bertz CT molecular complexity index is 141. The number of rotatable bonds is 2. The van der Waals surface area contributed by atoms with Crippen LogP contribution in [-0.2, 0) is 15.8 Å². The van der Waals surface area contributed by atoms with Gasteiger partial charge in [0.2, 0.25) is 0 Å². The molecule has 0 radical (unpaired) electrons. The fraction of sp³-hybridized carbons (Fsp3) is 1.00. The highest BCUT2D eigenvalue weighted by atomic mass is 32.2. The van der Waals surface area contributed by atoms with Gasteiger partial charge in [-0.05, 0) is 25.7 Å². The molecule has 0 spiro atoms. The third-order valence-corrected chi connectivity index (χ3v) is 3.24. The average molecular weight is 177 g/mol. The topological polar surface area (TPSA) is 49.4 Å². The van der Waals surface area contributed by atoms with E-state index in [1.165, 1.54) is 0 Å². The van der Waals surface area contributed by atoms with Crippen LogP contribution in [0.25, 0.3) is 0 Å². The SMILES string of the molecule is COC1CCC(S(=O)[O-])CC1. The summed E-state index contributed by atoms with van der Waals surface area (Å²) in [7, 11) is 1.68. The Kier molecular flexibility index (Phi) is 3.48. The van der Waals surface area contributed by atoms with Crippen molar-refractivity contribution >= 4 is 11.1 Å².